The Bertz CT molecular complexity index is 553. The standard InChI is InChI=1S/C13H8F2O2/c14-9-4-3-5-10(8-9)17-13(16)11-6-1-2-7-12(11)15/h1-8H. The van der Waals surface area contributed by atoms with Gasteiger partial charge >= 0.3 is 5.97 Å². The zero-order chi connectivity index (χ0) is 12.3. The second-order valence-electron chi connectivity index (χ2n) is 3.33. The molecule has 0 bridgehead atoms. The molecule has 0 aliphatic carbocycles. The number of benzene rings is 2. The van der Waals surface area contributed by atoms with Gasteiger partial charge in [-0.05, 0) is 24.3 Å². The highest BCUT2D eigenvalue weighted by atomic mass is 19.1. The first-order chi connectivity index (χ1) is 8.16. The van der Waals surface area contributed by atoms with Crippen molar-refractivity contribution in [3.05, 3.63) is 65.7 Å². The van der Waals surface area contributed by atoms with Gasteiger partial charge in [0, 0.05) is 6.07 Å². The van der Waals surface area contributed by atoms with Gasteiger partial charge in [0.25, 0.3) is 0 Å². The quantitative estimate of drug-likeness (QED) is 0.589. The predicted molar refractivity (Wildman–Crippen MR) is 57.8 cm³/mol. The van der Waals surface area contributed by atoms with Crippen molar-refractivity contribution in [1.82, 2.24) is 0 Å². The highest BCUT2D eigenvalue weighted by Crippen LogP contribution is 2.15. The summed E-state index contributed by atoms with van der Waals surface area (Å²) in [6.07, 6.45) is 0. The minimum Gasteiger partial charge on any atom is -0.423 e. The molecule has 0 heterocycles. The summed E-state index contributed by atoms with van der Waals surface area (Å²) in [6.45, 7) is 0. The fourth-order valence-corrected chi connectivity index (χ4v) is 1.32. The number of hydrogen-bond donors (Lipinski definition) is 0. The molecule has 2 rings (SSSR count). The Morgan fingerprint density at radius 1 is 1.00 bits per heavy atom. The zero-order valence-electron chi connectivity index (χ0n) is 8.69. The number of halogens is 2. The van der Waals surface area contributed by atoms with Crippen molar-refractivity contribution >= 4 is 5.97 Å². The molecule has 2 nitrogen and oxygen atoms in total. The van der Waals surface area contributed by atoms with Crippen LogP contribution in [-0.4, -0.2) is 5.97 Å². The molecule has 0 radical (unpaired) electrons. The van der Waals surface area contributed by atoms with Gasteiger partial charge in [-0.25, -0.2) is 13.6 Å². The van der Waals surface area contributed by atoms with E-state index in [0.29, 0.717) is 0 Å². The van der Waals surface area contributed by atoms with E-state index in [-0.39, 0.29) is 11.3 Å². The van der Waals surface area contributed by atoms with Gasteiger partial charge in [0.1, 0.15) is 17.4 Å². The van der Waals surface area contributed by atoms with E-state index in [1.807, 2.05) is 0 Å². The van der Waals surface area contributed by atoms with Gasteiger partial charge in [0.05, 0.1) is 5.56 Å². The Hall–Kier alpha value is -2.23. The molecule has 2 aromatic rings. The molecular formula is C13H8F2O2. The number of rotatable bonds is 2. The molecule has 0 fully saturated rings. The van der Waals surface area contributed by atoms with Crippen LogP contribution in [-0.2, 0) is 0 Å². The van der Waals surface area contributed by atoms with Crippen LogP contribution >= 0.6 is 0 Å². The molecule has 86 valence electrons. The second-order valence-corrected chi connectivity index (χ2v) is 3.33. The molecule has 0 amide bonds. The highest BCUT2D eigenvalue weighted by molar-refractivity contribution is 5.91. The van der Waals surface area contributed by atoms with Gasteiger partial charge in [-0.1, -0.05) is 18.2 Å². The third kappa shape index (κ3) is 2.66. The highest BCUT2D eigenvalue weighted by Gasteiger charge is 2.13. The Morgan fingerprint density at radius 2 is 1.76 bits per heavy atom. The molecule has 0 spiro atoms. The first-order valence-corrected chi connectivity index (χ1v) is 4.89. The van der Waals surface area contributed by atoms with Gasteiger partial charge < -0.3 is 4.74 Å². The summed E-state index contributed by atoms with van der Waals surface area (Å²) in [7, 11) is 0. The van der Waals surface area contributed by atoms with Crippen LogP contribution in [0.1, 0.15) is 10.4 Å². The van der Waals surface area contributed by atoms with E-state index >= 15 is 0 Å². The summed E-state index contributed by atoms with van der Waals surface area (Å²) in [5, 5.41) is 0. The van der Waals surface area contributed by atoms with E-state index < -0.39 is 17.6 Å². The summed E-state index contributed by atoms with van der Waals surface area (Å²) in [5.41, 5.74) is -0.184. The van der Waals surface area contributed by atoms with Crippen LogP contribution in [0.25, 0.3) is 0 Å². The Labute approximate surface area is 96.5 Å². The fraction of sp³-hybridized carbons (Fsp3) is 0. The lowest BCUT2D eigenvalue weighted by molar-refractivity contribution is 0.0729. The Morgan fingerprint density at radius 3 is 2.47 bits per heavy atom. The number of ether oxygens (including phenoxy) is 1. The van der Waals surface area contributed by atoms with Crippen LogP contribution in [0.3, 0.4) is 0 Å². The molecule has 2 aromatic carbocycles. The number of carbonyl (C=O) groups is 1. The summed E-state index contributed by atoms with van der Waals surface area (Å²) in [5.74, 6) is -2.01. The van der Waals surface area contributed by atoms with Crippen LogP contribution in [0.15, 0.2) is 48.5 Å². The van der Waals surface area contributed by atoms with Crippen molar-refractivity contribution < 1.29 is 18.3 Å². The first kappa shape index (κ1) is 11.3. The van der Waals surface area contributed by atoms with Crippen molar-refractivity contribution in [2.45, 2.75) is 0 Å². The molecule has 4 heteroatoms. The van der Waals surface area contributed by atoms with Crippen molar-refractivity contribution in [3.8, 4) is 5.75 Å². The van der Waals surface area contributed by atoms with Crippen LogP contribution in [0.4, 0.5) is 8.78 Å². The topological polar surface area (TPSA) is 26.3 Å². The monoisotopic (exact) mass is 234 g/mol. The maximum Gasteiger partial charge on any atom is 0.346 e. The lowest BCUT2D eigenvalue weighted by Crippen LogP contribution is -2.10. The van der Waals surface area contributed by atoms with E-state index in [1.54, 1.807) is 0 Å². The molecule has 0 N–H and O–H groups in total. The van der Waals surface area contributed by atoms with E-state index in [0.717, 1.165) is 12.1 Å². The second kappa shape index (κ2) is 4.74. The minimum atomic E-state index is -0.853. The van der Waals surface area contributed by atoms with Crippen molar-refractivity contribution in [2.75, 3.05) is 0 Å². The molecule has 0 atom stereocenters. The van der Waals surface area contributed by atoms with Crippen LogP contribution in [0.5, 0.6) is 5.75 Å². The van der Waals surface area contributed by atoms with E-state index in [4.69, 9.17) is 4.74 Å². The maximum atomic E-state index is 13.2. The molecule has 0 unspecified atom stereocenters. The summed E-state index contributed by atoms with van der Waals surface area (Å²) < 4.78 is 30.9. The van der Waals surface area contributed by atoms with Gasteiger partial charge in [-0.3, -0.25) is 0 Å². The van der Waals surface area contributed by atoms with E-state index in [1.165, 1.54) is 36.4 Å². The molecular weight excluding hydrogens is 226 g/mol. The van der Waals surface area contributed by atoms with Crippen LogP contribution < -0.4 is 4.74 Å². The lowest BCUT2D eigenvalue weighted by atomic mass is 10.2. The Balaban J connectivity index is 2.20. The molecule has 0 saturated carbocycles. The third-order valence-corrected chi connectivity index (χ3v) is 2.10. The fourth-order valence-electron chi connectivity index (χ4n) is 1.32. The van der Waals surface area contributed by atoms with Gasteiger partial charge in [0.15, 0.2) is 0 Å². The molecule has 0 aliphatic heterocycles. The van der Waals surface area contributed by atoms with Crippen molar-refractivity contribution in [2.24, 2.45) is 0 Å². The van der Waals surface area contributed by atoms with Gasteiger partial charge in [-0.15, -0.1) is 0 Å². The zero-order valence-corrected chi connectivity index (χ0v) is 8.69. The minimum absolute atomic E-state index is 0.0400. The average Bonchev–Trinajstić information content (AvgIpc) is 2.29. The van der Waals surface area contributed by atoms with E-state index in [9.17, 15) is 13.6 Å². The number of hydrogen-bond acceptors (Lipinski definition) is 2. The smallest absolute Gasteiger partial charge is 0.346 e. The van der Waals surface area contributed by atoms with E-state index in [2.05, 4.69) is 0 Å². The molecule has 17 heavy (non-hydrogen) atoms. The predicted octanol–water partition coefficient (Wildman–Crippen LogP) is 3.18. The lowest BCUT2D eigenvalue weighted by Gasteiger charge is -2.04. The van der Waals surface area contributed by atoms with Crippen LogP contribution in [0.2, 0.25) is 0 Å². The largest absolute Gasteiger partial charge is 0.423 e. The summed E-state index contributed by atoms with van der Waals surface area (Å²) in [4.78, 5) is 11.6. The third-order valence-electron chi connectivity index (χ3n) is 2.10. The number of esters is 1. The van der Waals surface area contributed by atoms with Gasteiger partial charge in [0.2, 0.25) is 0 Å². The molecule has 0 aliphatic rings. The molecule has 0 aromatic heterocycles. The van der Waals surface area contributed by atoms with Crippen molar-refractivity contribution in [3.63, 3.8) is 0 Å². The van der Waals surface area contributed by atoms with Gasteiger partial charge in [-0.2, -0.15) is 0 Å². The summed E-state index contributed by atoms with van der Waals surface area (Å²) >= 11 is 0. The Kier molecular flexibility index (Phi) is 3.14. The normalized spacial score (nSPS) is 10.0. The SMILES string of the molecule is O=C(Oc1cccc(F)c1)c1ccccc1F. The summed E-state index contributed by atoms with van der Waals surface area (Å²) in [6, 6.07) is 10.5. The van der Waals surface area contributed by atoms with Crippen molar-refractivity contribution in [1.29, 1.82) is 0 Å². The van der Waals surface area contributed by atoms with Crippen LogP contribution in [0, 0.1) is 11.6 Å². The maximum absolute atomic E-state index is 13.2. The number of carbonyl (C=O) groups excluding carboxylic acids is 1. The molecule has 0 saturated heterocycles. The first-order valence-electron chi connectivity index (χ1n) is 4.89. The average molecular weight is 234 g/mol.